The molecule has 2 aromatic heterocycles. The summed E-state index contributed by atoms with van der Waals surface area (Å²) in [6.45, 7) is 1.22. The van der Waals surface area contributed by atoms with Crippen LogP contribution >= 0.6 is 34.7 Å². The van der Waals surface area contributed by atoms with Gasteiger partial charge in [0.25, 0.3) is 11.8 Å². The number of nitrogen functional groups attached to an aromatic ring is 2. The summed E-state index contributed by atoms with van der Waals surface area (Å²) >= 11 is 8.16. The van der Waals surface area contributed by atoms with Gasteiger partial charge >= 0.3 is 5.97 Å². The summed E-state index contributed by atoms with van der Waals surface area (Å²) in [5, 5.41) is 35.8. The molecule has 1 unspecified atom stereocenters. The number of thiazole rings is 1. The number of nitrogens with one attached hydrogen (secondary N) is 1. The molecule has 4 rings (SSSR count). The maximum atomic E-state index is 13.2. The van der Waals surface area contributed by atoms with E-state index >= 15 is 0 Å². The van der Waals surface area contributed by atoms with E-state index in [0.717, 1.165) is 16.2 Å². The summed E-state index contributed by atoms with van der Waals surface area (Å²) in [6, 6.07) is 0.433. The minimum absolute atomic E-state index is 0.00143. The van der Waals surface area contributed by atoms with E-state index in [4.69, 9.17) is 33.0 Å². The van der Waals surface area contributed by atoms with Crippen LogP contribution in [0.4, 0.5) is 10.9 Å². The van der Waals surface area contributed by atoms with Crippen LogP contribution in [0.3, 0.4) is 0 Å². The number of aliphatic hydroxyl groups excluding tert-OH is 1. The van der Waals surface area contributed by atoms with E-state index in [0.29, 0.717) is 11.4 Å². The highest BCUT2D eigenvalue weighted by atomic mass is 35.5. The SMILES string of the molecule is C[C@H](O/N=C(\C(=O)N[C@@H]1C(=O)N2C(C(=O)[O-])=C(C[n+]3ccc(N)n3CCO)CSC12)c1nc(N)sc1Cl)C(=O)O. The number of hydrogen-bond donors (Lipinski definition) is 5. The number of carbonyl (C=O) groups excluding carboxylic acids is 3. The number of hydrogen-bond acceptors (Lipinski definition) is 13. The van der Waals surface area contributed by atoms with Crippen LogP contribution in [0.1, 0.15) is 12.6 Å². The molecule has 3 atom stereocenters. The van der Waals surface area contributed by atoms with Crippen LogP contribution in [0, 0.1) is 0 Å². The zero-order valence-corrected chi connectivity index (χ0v) is 23.0. The van der Waals surface area contributed by atoms with Crippen molar-refractivity contribution in [3.63, 3.8) is 0 Å². The number of β-lactam (4-membered cyclic amide) rings is 1. The molecular weight excluding hydrogens is 592 g/mol. The molecule has 2 aliphatic rings. The van der Waals surface area contributed by atoms with E-state index in [2.05, 4.69) is 15.5 Å². The summed E-state index contributed by atoms with van der Waals surface area (Å²) < 4.78 is 3.14. The Hall–Kier alpha value is -3.87. The van der Waals surface area contributed by atoms with Crippen molar-refractivity contribution in [3.8, 4) is 0 Å². The normalized spacial score (nSPS) is 19.6. The summed E-state index contributed by atoms with van der Waals surface area (Å²) in [5.74, 6) is -4.08. The lowest BCUT2D eigenvalue weighted by atomic mass is 10.0. The van der Waals surface area contributed by atoms with Crippen molar-refractivity contribution in [2.45, 2.75) is 37.5 Å². The third-order valence-corrected chi connectivity index (χ3v) is 8.33. The monoisotopic (exact) mass is 614 g/mol. The second kappa shape index (κ2) is 11.7. The molecule has 1 saturated heterocycles. The third-order valence-electron chi connectivity index (χ3n) is 5.91. The maximum absolute atomic E-state index is 13.2. The molecule has 0 aromatic carbocycles. The maximum Gasteiger partial charge on any atom is 0.347 e. The molecule has 2 aromatic rings. The molecule has 4 heterocycles. The lowest BCUT2D eigenvalue weighted by Gasteiger charge is -2.50. The largest absolute Gasteiger partial charge is 0.543 e. The fourth-order valence-corrected chi connectivity index (χ4v) is 6.26. The number of nitrogens with zero attached hydrogens (tertiary/aromatic N) is 5. The van der Waals surface area contributed by atoms with Gasteiger partial charge in [0.15, 0.2) is 29.4 Å². The van der Waals surface area contributed by atoms with Crippen LogP contribution in [0.15, 0.2) is 28.7 Å². The van der Waals surface area contributed by atoms with E-state index < -0.39 is 47.0 Å². The Bertz CT molecular complexity index is 1440. The minimum Gasteiger partial charge on any atom is -0.543 e. The van der Waals surface area contributed by atoms with Crippen molar-refractivity contribution in [3.05, 3.63) is 33.6 Å². The Morgan fingerprint density at radius 1 is 1.43 bits per heavy atom. The van der Waals surface area contributed by atoms with Crippen LogP contribution in [0.5, 0.6) is 0 Å². The second-order valence-corrected chi connectivity index (χ2v) is 11.2. The molecular formula is C21H23ClN8O8S2. The average molecular weight is 615 g/mol. The average Bonchev–Trinajstić information content (AvgIpc) is 3.42. The quantitative estimate of drug-likeness (QED) is 0.0753. The van der Waals surface area contributed by atoms with Gasteiger partial charge < -0.3 is 41.7 Å². The first-order chi connectivity index (χ1) is 18.9. The molecule has 2 aliphatic heterocycles. The molecule has 19 heteroatoms. The first-order valence-electron chi connectivity index (χ1n) is 11.5. The number of rotatable bonds is 11. The molecule has 16 nitrogen and oxygen atoms in total. The molecule has 7 N–H and O–H groups in total. The number of nitrogens with two attached hydrogens (primary N) is 2. The van der Waals surface area contributed by atoms with Crippen LogP contribution in [0.25, 0.3) is 0 Å². The van der Waals surface area contributed by atoms with Gasteiger partial charge in [-0.25, -0.2) is 9.78 Å². The van der Waals surface area contributed by atoms with Gasteiger partial charge in [0.1, 0.15) is 28.0 Å². The number of anilines is 2. The number of thioether (sulfide) groups is 1. The summed E-state index contributed by atoms with van der Waals surface area (Å²) in [4.78, 5) is 59.4. The van der Waals surface area contributed by atoms with E-state index in [9.17, 15) is 29.4 Å². The molecule has 40 heavy (non-hydrogen) atoms. The lowest BCUT2D eigenvalue weighted by molar-refractivity contribution is -0.767. The molecule has 0 radical (unpaired) electrons. The summed E-state index contributed by atoms with van der Waals surface area (Å²) in [7, 11) is 0. The standard InChI is InChI=1S/C21H23ClN8O8S2/c1-8(19(34)35)38-27-12(11-15(22)40-21(24)26-11)16(32)25-13-17(33)30-14(20(36)37)9(7-39-18(13)30)6-28-3-2-10(23)29(28)4-5-31/h2-3,8,13,18,23,31H,4-7H2,1H3,(H5,24,25,26,32,34,35,36,37)/b27-12-/t8-,13+,18?/m0/s1. The molecule has 0 saturated carbocycles. The Balaban J connectivity index is 1.57. The van der Waals surface area contributed by atoms with Crippen LogP contribution < -0.4 is 26.6 Å². The van der Waals surface area contributed by atoms with E-state index in [-0.39, 0.29) is 46.3 Å². The zero-order chi connectivity index (χ0) is 29.3. The Morgan fingerprint density at radius 3 is 2.75 bits per heavy atom. The predicted molar refractivity (Wildman–Crippen MR) is 139 cm³/mol. The van der Waals surface area contributed by atoms with Gasteiger partial charge in [0, 0.05) is 11.3 Å². The highest BCUT2D eigenvalue weighted by Gasteiger charge is 2.53. The van der Waals surface area contributed by atoms with E-state index in [1.807, 2.05) is 0 Å². The van der Waals surface area contributed by atoms with Gasteiger partial charge in [-0.3, -0.25) is 14.5 Å². The zero-order valence-electron chi connectivity index (χ0n) is 20.6. The summed E-state index contributed by atoms with van der Waals surface area (Å²) in [6.07, 6.45) is 0.195. The predicted octanol–water partition coefficient (Wildman–Crippen LogP) is -2.66. The van der Waals surface area contributed by atoms with Gasteiger partial charge in [-0.2, -0.15) is 0 Å². The van der Waals surface area contributed by atoms with Gasteiger partial charge in [-0.05, 0) is 6.92 Å². The van der Waals surface area contributed by atoms with Crippen LogP contribution in [-0.2, 0) is 37.1 Å². The number of oxime groups is 1. The van der Waals surface area contributed by atoms with Gasteiger partial charge in [-0.15, -0.1) is 21.1 Å². The first kappa shape index (κ1) is 29.1. The summed E-state index contributed by atoms with van der Waals surface area (Å²) in [5.41, 5.74) is 10.9. The fraction of sp³-hybridized carbons (Fsp3) is 0.381. The van der Waals surface area contributed by atoms with Gasteiger partial charge in [0.2, 0.25) is 6.10 Å². The number of carbonyl (C=O) groups is 4. The molecule has 1 fully saturated rings. The number of aliphatic hydroxyl groups is 1. The van der Waals surface area contributed by atoms with E-state index in [1.165, 1.54) is 18.7 Å². The lowest BCUT2D eigenvalue weighted by Crippen LogP contribution is -2.71. The third kappa shape index (κ3) is 5.55. The molecule has 0 bridgehead atoms. The number of carboxylic acid groups (broad SMARTS) is 2. The van der Waals surface area contributed by atoms with Crippen LogP contribution in [-0.4, -0.2) is 84.1 Å². The number of carboxylic acids is 2. The van der Waals surface area contributed by atoms with Crippen molar-refractivity contribution in [2.75, 3.05) is 23.8 Å². The smallest absolute Gasteiger partial charge is 0.347 e. The fourth-order valence-electron chi connectivity index (χ4n) is 4.00. The molecule has 2 amide bonds. The van der Waals surface area contributed by atoms with Gasteiger partial charge in [-0.1, -0.05) is 28.1 Å². The Labute approximate surface area is 238 Å². The van der Waals surface area contributed by atoms with Crippen molar-refractivity contribution >= 4 is 75.1 Å². The van der Waals surface area contributed by atoms with Gasteiger partial charge in [0.05, 0.1) is 24.3 Å². The Kier molecular flexibility index (Phi) is 8.52. The molecule has 0 spiro atoms. The van der Waals surface area contributed by atoms with Crippen molar-refractivity contribution < 1.29 is 44.0 Å². The highest BCUT2D eigenvalue weighted by Crippen LogP contribution is 2.40. The number of aromatic nitrogens is 3. The van der Waals surface area contributed by atoms with Crippen molar-refractivity contribution in [2.24, 2.45) is 5.16 Å². The highest BCUT2D eigenvalue weighted by molar-refractivity contribution is 8.00. The number of aliphatic carboxylic acids is 2. The van der Waals surface area contributed by atoms with Crippen LogP contribution in [0.2, 0.25) is 4.34 Å². The number of halogens is 1. The van der Waals surface area contributed by atoms with Crippen molar-refractivity contribution in [1.82, 2.24) is 19.9 Å². The van der Waals surface area contributed by atoms with E-state index in [1.54, 1.807) is 21.6 Å². The molecule has 0 aliphatic carbocycles. The number of fused-ring (bicyclic) bond motifs is 1. The molecule has 214 valence electrons. The minimum atomic E-state index is -1.57. The topological polar surface area (TPSA) is 242 Å². The second-order valence-electron chi connectivity index (χ2n) is 8.49. The number of amides is 2. The van der Waals surface area contributed by atoms with Crippen molar-refractivity contribution in [1.29, 1.82) is 0 Å². The first-order valence-corrected chi connectivity index (χ1v) is 13.7. The Morgan fingerprint density at radius 2 is 2.15 bits per heavy atom.